The van der Waals surface area contributed by atoms with Gasteiger partial charge in [-0.05, 0) is 66.8 Å². The summed E-state index contributed by atoms with van der Waals surface area (Å²) in [7, 11) is 0. The molecule has 30 heavy (non-hydrogen) atoms. The molecule has 5 rings (SSSR count). The lowest BCUT2D eigenvalue weighted by Crippen LogP contribution is -2.34. The quantitative estimate of drug-likeness (QED) is 0.479. The van der Waals surface area contributed by atoms with Gasteiger partial charge in [0.2, 0.25) is 12.7 Å². The van der Waals surface area contributed by atoms with Crippen LogP contribution in [0.1, 0.15) is 10.4 Å². The number of aromatic nitrogens is 1. The van der Waals surface area contributed by atoms with Crippen LogP contribution in [0.15, 0.2) is 71.1 Å². The molecule has 0 unspecified atom stereocenters. The van der Waals surface area contributed by atoms with Crippen molar-refractivity contribution >= 4 is 40.0 Å². The van der Waals surface area contributed by atoms with Crippen LogP contribution in [-0.2, 0) is 0 Å². The Morgan fingerprint density at radius 2 is 1.77 bits per heavy atom. The molecule has 7 nitrogen and oxygen atoms in total. The van der Waals surface area contributed by atoms with Crippen molar-refractivity contribution in [2.75, 3.05) is 12.1 Å². The fourth-order valence-electron chi connectivity index (χ4n) is 3.07. The van der Waals surface area contributed by atoms with Crippen molar-refractivity contribution in [1.29, 1.82) is 0 Å². The number of anilines is 1. The number of benzene rings is 3. The molecule has 1 aliphatic heterocycles. The minimum Gasteiger partial charge on any atom is -0.454 e. The van der Waals surface area contributed by atoms with Crippen molar-refractivity contribution in [1.82, 2.24) is 10.3 Å². The van der Waals surface area contributed by atoms with Gasteiger partial charge in [-0.3, -0.25) is 10.1 Å². The SMILES string of the molecule is O=C(NC(=S)Nc1ccc(-c2nc3ccccc3o2)cc1)c1ccc2c(c1)OCO2. The summed E-state index contributed by atoms with van der Waals surface area (Å²) in [5.74, 6) is 1.36. The predicted octanol–water partition coefficient (Wildman–Crippen LogP) is 4.35. The number of amides is 1. The molecule has 4 aromatic rings. The number of hydrogen-bond donors (Lipinski definition) is 2. The Morgan fingerprint density at radius 1 is 0.967 bits per heavy atom. The monoisotopic (exact) mass is 417 g/mol. The second-order valence-corrected chi connectivity index (χ2v) is 6.95. The van der Waals surface area contributed by atoms with E-state index in [0.29, 0.717) is 23.0 Å². The van der Waals surface area contributed by atoms with Gasteiger partial charge in [0, 0.05) is 16.8 Å². The Kier molecular flexibility index (Phi) is 4.53. The molecule has 2 heterocycles. The zero-order valence-electron chi connectivity index (χ0n) is 15.5. The van der Waals surface area contributed by atoms with Crippen LogP contribution in [-0.4, -0.2) is 22.8 Å². The van der Waals surface area contributed by atoms with Crippen molar-refractivity contribution in [3.8, 4) is 23.0 Å². The van der Waals surface area contributed by atoms with Gasteiger partial charge in [-0.1, -0.05) is 12.1 Å². The number of thiocarbonyl (C=S) groups is 1. The molecule has 0 radical (unpaired) electrons. The van der Waals surface area contributed by atoms with E-state index in [4.69, 9.17) is 26.1 Å². The van der Waals surface area contributed by atoms with Gasteiger partial charge in [0.15, 0.2) is 22.2 Å². The smallest absolute Gasteiger partial charge is 0.257 e. The summed E-state index contributed by atoms with van der Waals surface area (Å²) < 4.78 is 16.3. The molecule has 1 aromatic heterocycles. The maximum atomic E-state index is 12.4. The standard InChI is InChI=1S/C22H15N3O4S/c26-20(14-7-10-18-19(11-14)28-12-27-18)25-22(30)23-15-8-5-13(6-9-15)21-24-16-3-1-2-4-17(16)29-21/h1-11H,12H2,(H2,23,25,26,30). The number of fused-ring (bicyclic) bond motifs is 2. The second kappa shape index (κ2) is 7.49. The third-order valence-corrected chi connectivity index (χ3v) is 4.75. The Labute approximate surface area is 176 Å². The van der Waals surface area contributed by atoms with Crippen LogP contribution in [0.3, 0.4) is 0 Å². The molecule has 3 aromatic carbocycles. The van der Waals surface area contributed by atoms with E-state index < -0.39 is 0 Å². The highest BCUT2D eigenvalue weighted by Crippen LogP contribution is 2.32. The summed E-state index contributed by atoms with van der Waals surface area (Å²) in [6.07, 6.45) is 0. The molecule has 8 heteroatoms. The Morgan fingerprint density at radius 3 is 2.60 bits per heavy atom. The van der Waals surface area contributed by atoms with Gasteiger partial charge in [0.05, 0.1) is 0 Å². The molecular formula is C22H15N3O4S. The Balaban J connectivity index is 1.24. The molecular weight excluding hydrogens is 402 g/mol. The third kappa shape index (κ3) is 3.56. The second-order valence-electron chi connectivity index (χ2n) is 6.54. The molecule has 0 spiro atoms. The first kappa shape index (κ1) is 18.1. The number of nitrogens with one attached hydrogen (secondary N) is 2. The van der Waals surface area contributed by atoms with Crippen molar-refractivity contribution < 1.29 is 18.7 Å². The molecule has 0 saturated heterocycles. The van der Waals surface area contributed by atoms with Crippen LogP contribution >= 0.6 is 12.2 Å². The lowest BCUT2D eigenvalue weighted by molar-refractivity contribution is 0.0977. The first-order valence-corrected chi connectivity index (χ1v) is 9.54. The molecule has 0 fully saturated rings. The van der Waals surface area contributed by atoms with Gasteiger partial charge in [-0.2, -0.15) is 0 Å². The van der Waals surface area contributed by atoms with Crippen LogP contribution in [0.25, 0.3) is 22.6 Å². The van der Waals surface area contributed by atoms with Crippen molar-refractivity contribution in [3.05, 3.63) is 72.3 Å². The first-order valence-electron chi connectivity index (χ1n) is 9.14. The van der Waals surface area contributed by atoms with Crippen molar-refractivity contribution in [3.63, 3.8) is 0 Å². The third-order valence-electron chi connectivity index (χ3n) is 4.55. The first-order chi connectivity index (χ1) is 14.7. The molecule has 0 bridgehead atoms. The van der Waals surface area contributed by atoms with Gasteiger partial charge >= 0.3 is 0 Å². The predicted molar refractivity (Wildman–Crippen MR) is 116 cm³/mol. The van der Waals surface area contributed by atoms with E-state index in [-0.39, 0.29) is 17.8 Å². The van der Waals surface area contributed by atoms with E-state index in [1.165, 1.54) is 0 Å². The number of nitrogens with zero attached hydrogens (tertiary/aromatic N) is 1. The number of oxazole rings is 1. The highest BCUT2D eigenvalue weighted by molar-refractivity contribution is 7.80. The van der Waals surface area contributed by atoms with Gasteiger partial charge < -0.3 is 19.2 Å². The number of para-hydroxylation sites is 2. The summed E-state index contributed by atoms with van der Waals surface area (Å²) in [4.78, 5) is 16.9. The Bertz CT molecular complexity index is 1230. The highest BCUT2D eigenvalue weighted by atomic mass is 32.1. The van der Waals surface area contributed by atoms with Crippen molar-refractivity contribution in [2.45, 2.75) is 0 Å². The molecule has 1 aliphatic rings. The summed E-state index contributed by atoms with van der Waals surface area (Å²) in [6.45, 7) is 0.153. The largest absolute Gasteiger partial charge is 0.454 e. The summed E-state index contributed by atoms with van der Waals surface area (Å²) in [6, 6.07) is 20.0. The van der Waals surface area contributed by atoms with Crippen LogP contribution in [0.4, 0.5) is 5.69 Å². The minimum absolute atomic E-state index is 0.153. The van der Waals surface area contributed by atoms with Gasteiger partial charge in [0.25, 0.3) is 5.91 Å². The summed E-state index contributed by atoms with van der Waals surface area (Å²) >= 11 is 5.25. The van der Waals surface area contributed by atoms with Crippen LogP contribution in [0.5, 0.6) is 11.5 Å². The van der Waals surface area contributed by atoms with E-state index in [1.807, 2.05) is 48.5 Å². The number of hydrogen-bond acceptors (Lipinski definition) is 6. The summed E-state index contributed by atoms with van der Waals surface area (Å²) in [5.41, 5.74) is 3.54. The maximum Gasteiger partial charge on any atom is 0.257 e. The van der Waals surface area contributed by atoms with Gasteiger partial charge in [-0.25, -0.2) is 4.98 Å². The topological polar surface area (TPSA) is 85.6 Å². The summed E-state index contributed by atoms with van der Waals surface area (Å²) in [5, 5.41) is 5.83. The van der Waals surface area contributed by atoms with E-state index >= 15 is 0 Å². The van der Waals surface area contributed by atoms with Gasteiger partial charge in [-0.15, -0.1) is 0 Å². The van der Waals surface area contributed by atoms with Crippen LogP contribution in [0, 0.1) is 0 Å². The number of carbonyl (C=O) groups is 1. The zero-order chi connectivity index (χ0) is 20.5. The zero-order valence-corrected chi connectivity index (χ0v) is 16.4. The fourth-order valence-corrected chi connectivity index (χ4v) is 3.28. The molecule has 148 valence electrons. The van der Waals surface area contributed by atoms with Crippen LogP contribution < -0.4 is 20.1 Å². The number of carbonyl (C=O) groups excluding carboxylic acids is 1. The fraction of sp³-hybridized carbons (Fsp3) is 0.0455. The van der Waals surface area contributed by atoms with E-state index in [9.17, 15) is 4.79 Å². The Hall–Kier alpha value is -3.91. The van der Waals surface area contributed by atoms with Crippen molar-refractivity contribution in [2.24, 2.45) is 0 Å². The number of rotatable bonds is 3. The average molecular weight is 417 g/mol. The maximum absolute atomic E-state index is 12.4. The molecule has 2 N–H and O–H groups in total. The molecule has 0 saturated carbocycles. The molecule has 0 aliphatic carbocycles. The molecule has 0 atom stereocenters. The van der Waals surface area contributed by atoms with Gasteiger partial charge in [0.1, 0.15) is 5.52 Å². The lowest BCUT2D eigenvalue weighted by Gasteiger charge is -2.10. The van der Waals surface area contributed by atoms with E-state index in [1.54, 1.807) is 18.2 Å². The minimum atomic E-state index is -0.339. The lowest BCUT2D eigenvalue weighted by atomic mass is 10.2. The van der Waals surface area contributed by atoms with E-state index in [0.717, 1.165) is 22.4 Å². The van der Waals surface area contributed by atoms with Crippen LogP contribution in [0.2, 0.25) is 0 Å². The average Bonchev–Trinajstić information content (AvgIpc) is 3.40. The van der Waals surface area contributed by atoms with E-state index in [2.05, 4.69) is 15.6 Å². The molecule has 1 amide bonds. The number of ether oxygens (including phenoxy) is 2. The highest BCUT2D eigenvalue weighted by Gasteiger charge is 2.17. The normalized spacial score (nSPS) is 12.0.